The summed E-state index contributed by atoms with van der Waals surface area (Å²) in [5.74, 6) is 0. The third-order valence-electron chi connectivity index (χ3n) is 2.56. The first-order chi connectivity index (χ1) is 5.86. The largest absolute Gasteiger partial charge is 0.472 e. The van der Waals surface area contributed by atoms with E-state index in [1.807, 2.05) is 6.26 Å². The van der Waals surface area contributed by atoms with Gasteiger partial charge in [0, 0.05) is 17.6 Å². The van der Waals surface area contributed by atoms with Gasteiger partial charge in [-0.15, -0.1) is 0 Å². The third-order valence-corrected chi connectivity index (χ3v) is 2.56. The van der Waals surface area contributed by atoms with Crippen molar-refractivity contribution in [3.8, 4) is 0 Å². The lowest BCUT2D eigenvalue weighted by Gasteiger charge is -2.27. The lowest BCUT2D eigenvalue weighted by atomic mass is 9.96. The maximum absolute atomic E-state index is 5.06. The molecule has 2 atom stereocenters. The maximum Gasteiger partial charge on any atom is 0.0950 e. The Morgan fingerprint density at radius 1 is 1.50 bits per heavy atom. The van der Waals surface area contributed by atoms with Gasteiger partial charge in [0.25, 0.3) is 0 Å². The molecule has 0 saturated carbocycles. The number of nitrogens with one attached hydrogen (secondary N) is 1. The first-order valence-electron chi connectivity index (χ1n) is 4.64. The topological polar surface area (TPSA) is 25.2 Å². The molecule has 0 unspecified atom stereocenters. The molecular formula is C10H15NO. The smallest absolute Gasteiger partial charge is 0.0950 e. The van der Waals surface area contributed by atoms with Crippen LogP contribution in [0.15, 0.2) is 23.0 Å². The molecule has 0 radical (unpaired) electrons. The Morgan fingerprint density at radius 2 is 2.42 bits per heavy atom. The molecule has 2 heterocycles. The van der Waals surface area contributed by atoms with Crippen molar-refractivity contribution in [2.75, 3.05) is 0 Å². The number of piperidine rings is 1. The van der Waals surface area contributed by atoms with Crippen molar-refractivity contribution in [1.29, 1.82) is 0 Å². The minimum Gasteiger partial charge on any atom is -0.472 e. The SMILES string of the molecule is C[C@H]1CCC[C@@H](c2ccoc2)N1. The van der Waals surface area contributed by atoms with E-state index in [1.165, 1.54) is 24.8 Å². The van der Waals surface area contributed by atoms with E-state index in [2.05, 4.69) is 18.3 Å². The van der Waals surface area contributed by atoms with Crippen LogP contribution in [-0.4, -0.2) is 6.04 Å². The monoisotopic (exact) mass is 165 g/mol. The molecule has 0 aromatic carbocycles. The molecule has 12 heavy (non-hydrogen) atoms. The number of furan rings is 1. The first kappa shape index (κ1) is 7.87. The van der Waals surface area contributed by atoms with E-state index in [9.17, 15) is 0 Å². The summed E-state index contributed by atoms with van der Waals surface area (Å²) in [4.78, 5) is 0. The van der Waals surface area contributed by atoms with Crippen LogP contribution < -0.4 is 5.32 Å². The Bertz CT molecular complexity index is 230. The van der Waals surface area contributed by atoms with Crippen LogP contribution in [0.2, 0.25) is 0 Å². The van der Waals surface area contributed by atoms with E-state index < -0.39 is 0 Å². The second-order valence-electron chi connectivity index (χ2n) is 3.61. The van der Waals surface area contributed by atoms with Crippen LogP contribution in [0.4, 0.5) is 0 Å². The second kappa shape index (κ2) is 3.31. The lowest BCUT2D eigenvalue weighted by Crippen LogP contribution is -2.34. The van der Waals surface area contributed by atoms with Crippen molar-refractivity contribution in [2.45, 2.75) is 38.3 Å². The van der Waals surface area contributed by atoms with E-state index in [4.69, 9.17) is 4.42 Å². The maximum atomic E-state index is 5.06. The summed E-state index contributed by atoms with van der Waals surface area (Å²) in [6, 6.07) is 3.22. The van der Waals surface area contributed by atoms with Gasteiger partial charge in [-0.05, 0) is 25.8 Å². The van der Waals surface area contributed by atoms with E-state index >= 15 is 0 Å². The van der Waals surface area contributed by atoms with Crippen LogP contribution >= 0.6 is 0 Å². The summed E-state index contributed by atoms with van der Waals surface area (Å²) in [7, 11) is 0. The normalized spacial score (nSPS) is 30.4. The average Bonchev–Trinajstić information content (AvgIpc) is 2.56. The van der Waals surface area contributed by atoms with Crippen LogP contribution in [0.5, 0.6) is 0 Å². The fourth-order valence-corrected chi connectivity index (χ4v) is 1.87. The minimum atomic E-state index is 0.521. The van der Waals surface area contributed by atoms with Gasteiger partial charge in [-0.2, -0.15) is 0 Å². The second-order valence-corrected chi connectivity index (χ2v) is 3.61. The van der Waals surface area contributed by atoms with Crippen LogP contribution in [0.25, 0.3) is 0 Å². The van der Waals surface area contributed by atoms with Gasteiger partial charge in [0.05, 0.1) is 12.5 Å². The molecular weight excluding hydrogens is 150 g/mol. The molecule has 0 spiro atoms. The summed E-state index contributed by atoms with van der Waals surface area (Å²) < 4.78 is 5.06. The molecule has 1 N–H and O–H groups in total. The van der Waals surface area contributed by atoms with Crippen molar-refractivity contribution in [3.63, 3.8) is 0 Å². The van der Waals surface area contributed by atoms with Crippen LogP contribution in [0.3, 0.4) is 0 Å². The fraction of sp³-hybridized carbons (Fsp3) is 0.600. The number of hydrogen-bond donors (Lipinski definition) is 1. The van der Waals surface area contributed by atoms with Crippen molar-refractivity contribution < 1.29 is 4.42 Å². The number of rotatable bonds is 1. The molecule has 0 aliphatic carbocycles. The van der Waals surface area contributed by atoms with E-state index in [-0.39, 0.29) is 0 Å². The molecule has 1 saturated heterocycles. The molecule has 1 aliphatic heterocycles. The standard InChI is InChI=1S/C10H15NO/c1-8-3-2-4-10(11-8)9-5-6-12-7-9/h5-8,10-11H,2-4H2,1H3/t8-,10-/m0/s1. The minimum absolute atomic E-state index is 0.521. The van der Waals surface area contributed by atoms with Gasteiger partial charge in [0.2, 0.25) is 0 Å². The zero-order valence-corrected chi connectivity index (χ0v) is 7.42. The van der Waals surface area contributed by atoms with E-state index in [1.54, 1.807) is 6.26 Å². The lowest BCUT2D eigenvalue weighted by molar-refractivity contribution is 0.339. The highest BCUT2D eigenvalue weighted by Gasteiger charge is 2.19. The van der Waals surface area contributed by atoms with Gasteiger partial charge in [0.15, 0.2) is 0 Å². The zero-order chi connectivity index (χ0) is 8.39. The predicted molar refractivity (Wildman–Crippen MR) is 47.9 cm³/mol. The molecule has 2 nitrogen and oxygen atoms in total. The Balaban J connectivity index is 2.04. The van der Waals surface area contributed by atoms with Crippen molar-refractivity contribution in [3.05, 3.63) is 24.2 Å². The van der Waals surface area contributed by atoms with Gasteiger partial charge in [-0.1, -0.05) is 6.42 Å². The van der Waals surface area contributed by atoms with Gasteiger partial charge in [-0.3, -0.25) is 0 Å². The van der Waals surface area contributed by atoms with Crippen LogP contribution in [0, 0.1) is 0 Å². The quantitative estimate of drug-likeness (QED) is 0.691. The van der Waals surface area contributed by atoms with Crippen LogP contribution in [0.1, 0.15) is 37.8 Å². The van der Waals surface area contributed by atoms with Crippen molar-refractivity contribution >= 4 is 0 Å². The Morgan fingerprint density at radius 3 is 3.08 bits per heavy atom. The molecule has 0 amide bonds. The fourth-order valence-electron chi connectivity index (χ4n) is 1.87. The Kier molecular flexibility index (Phi) is 2.17. The molecule has 1 aromatic heterocycles. The Hall–Kier alpha value is -0.760. The van der Waals surface area contributed by atoms with Crippen molar-refractivity contribution in [2.24, 2.45) is 0 Å². The molecule has 1 aliphatic rings. The molecule has 2 heteroatoms. The first-order valence-corrected chi connectivity index (χ1v) is 4.64. The highest BCUT2D eigenvalue weighted by molar-refractivity contribution is 5.12. The summed E-state index contributed by atoms with van der Waals surface area (Å²) in [5, 5.41) is 3.56. The Labute approximate surface area is 73.0 Å². The van der Waals surface area contributed by atoms with E-state index in [0.29, 0.717) is 12.1 Å². The molecule has 1 fully saturated rings. The number of hydrogen-bond acceptors (Lipinski definition) is 2. The molecule has 66 valence electrons. The molecule has 1 aromatic rings. The summed E-state index contributed by atoms with van der Waals surface area (Å²) >= 11 is 0. The van der Waals surface area contributed by atoms with Crippen LogP contribution in [-0.2, 0) is 0 Å². The summed E-state index contributed by atoms with van der Waals surface area (Å²) in [6.07, 6.45) is 7.45. The highest BCUT2D eigenvalue weighted by Crippen LogP contribution is 2.25. The molecule has 2 rings (SSSR count). The summed E-state index contributed by atoms with van der Waals surface area (Å²) in [5.41, 5.74) is 1.29. The van der Waals surface area contributed by atoms with Gasteiger partial charge in [-0.25, -0.2) is 0 Å². The van der Waals surface area contributed by atoms with Gasteiger partial charge in [0.1, 0.15) is 0 Å². The zero-order valence-electron chi connectivity index (χ0n) is 7.42. The third kappa shape index (κ3) is 1.53. The molecule has 0 bridgehead atoms. The highest BCUT2D eigenvalue weighted by atomic mass is 16.3. The van der Waals surface area contributed by atoms with Gasteiger partial charge < -0.3 is 9.73 Å². The predicted octanol–water partition coefficient (Wildman–Crippen LogP) is 2.48. The van der Waals surface area contributed by atoms with E-state index in [0.717, 1.165) is 0 Å². The van der Waals surface area contributed by atoms with Gasteiger partial charge >= 0.3 is 0 Å². The average molecular weight is 165 g/mol. The summed E-state index contributed by atoms with van der Waals surface area (Å²) in [6.45, 7) is 2.24. The van der Waals surface area contributed by atoms with Crippen molar-refractivity contribution in [1.82, 2.24) is 5.32 Å².